The van der Waals surface area contributed by atoms with Crippen molar-refractivity contribution in [3.05, 3.63) is 211 Å². The molecule has 19 heteroatoms. The second kappa shape index (κ2) is 27.6. The summed E-state index contributed by atoms with van der Waals surface area (Å²) in [6.07, 6.45) is 0. The predicted octanol–water partition coefficient (Wildman–Crippen LogP) is 11.0. The number of benzene rings is 6. The molecule has 6 aliphatic heterocycles. The summed E-state index contributed by atoms with van der Waals surface area (Å²) in [4.78, 5) is 19.7. The van der Waals surface area contributed by atoms with Gasteiger partial charge in [-0.25, -0.2) is 39.4 Å². The third-order valence-electron chi connectivity index (χ3n) is 10.2. The number of hydrogen-bond acceptors (Lipinski definition) is 12. The first-order chi connectivity index (χ1) is 35.4. The topological polar surface area (TPSA) is 137 Å². The Morgan fingerprint density at radius 2 is 0.370 bits per heavy atom. The Labute approximate surface area is 435 Å². The van der Waals surface area contributed by atoms with Crippen LogP contribution in [0.25, 0.3) is 29.1 Å². The molecule has 0 aromatic heterocycles. The molecular formula is C54H42N6O12Tc. The zero-order valence-electron chi connectivity index (χ0n) is 38.8. The van der Waals surface area contributed by atoms with Crippen LogP contribution in [0.1, 0.15) is 33.4 Å². The molecule has 6 heterocycles. The monoisotopic (exact) mass is 1070 g/mol. The summed E-state index contributed by atoms with van der Waals surface area (Å²) >= 11 is 0. The van der Waals surface area contributed by atoms with Crippen molar-refractivity contribution in [1.82, 2.24) is 0 Å². The van der Waals surface area contributed by atoms with Crippen molar-refractivity contribution in [3.8, 4) is 69.0 Å². The third-order valence-corrected chi connectivity index (χ3v) is 10.2. The summed E-state index contributed by atoms with van der Waals surface area (Å²) in [5.41, 5.74) is 5.80. The van der Waals surface area contributed by atoms with Gasteiger partial charge in [-0.05, 0) is 109 Å². The Bertz CT molecular complexity index is 2590. The van der Waals surface area contributed by atoms with Crippen molar-refractivity contribution in [2.75, 3.05) is 40.8 Å². The first kappa shape index (κ1) is 52.9. The van der Waals surface area contributed by atoms with Crippen LogP contribution in [-0.4, -0.2) is 40.8 Å². The van der Waals surface area contributed by atoms with E-state index in [1.54, 1.807) is 0 Å². The maximum atomic E-state index is 6.69. The molecule has 0 unspecified atom stereocenters. The Balaban J connectivity index is 0.000000142. The summed E-state index contributed by atoms with van der Waals surface area (Å²) in [6.45, 7) is 44.3. The van der Waals surface area contributed by atoms with Crippen LogP contribution in [0.2, 0.25) is 0 Å². The molecule has 6 aromatic carbocycles. The van der Waals surface area contributed by atoms with Gasteiger partial charge < -0.3 is 85.9 Å². The maximum Gasteiger partial charge on any atom is 0.239 e. The molecule has 0 saturated heterocycles. The minimum Gasteiger partial charge on any atom is -0.454 e. The van der Waals surface area contributed by atoms with E-state index in [4.69, 9.17) is 96.3 Å². The van der Waals surface area contributed by atoms with Crippen molar-refractivity contribution < 1.29 is 76.9 Å². The Morgan fingerprint density at radius 3 is 0.507 bits per heavy atom. The van der Waals surface area contributed by atoms with Crippen molar-refractivity contribution in [2.24, 2.45) is 0 Å². The number of fused-ring (bicyclic) bond motifs is 6. The molecule has 6 aliphatic rings. The van der Waals surface area contributed by atoms with Gasteiger partial charge in [-0.1, -0.05) is 0 Å². The van der Waals surface area contributed by atoms with Gasteiger partial charge in [-0.15, -0.1) is 0 Å². The average Bonchev–Trinajstić information content (AvgIpc) is 4.27. The van der Waals surface area contributed by atoms with E-state index in [9.17, 15) is 0 Å². The number of hydrogen-bond donors (Lipinski definition) is 0. The van der Waals surface area contributed by atoms with E-state index >= 15 is 0 Å². The molecule has 0 atom stereocenters. The SMILES string of the molecule is [99Tc].[C-]#[N+]Cc1ccc2c(c1)OCO2.[C-]#[N+]Cc1ccc2c(c1)OCO2.[C-]#[N+]Cc1ccc2c(c1)OCO2.[C-]#[N+]Cc1ccc2c(c1)OCO2.[C-]#[N+]Cc1ccc2c(c1)OCO2.[C-]#[N+]Cc1ccc2c(c1)OCO2. The molecule has 0 saturated carbocycles. The van der Waals surface area contributed by atoms with Crippen molar-refractivity contribution in [1.29, 1.82) is 0 Å². The fraction of sp³-hybridized carbons (Fsp3) is 0.222. The summed E-state index contributed by atoms with van der Waals surface area (Å²) in [7, 11) is 0. The van der Waals surface area contributed by atoms with E-state index in [1.807, 2.05) is 109 Å². The normalized spacial score (nSPS) is 12.4. The van der Waals surface area contributed by atoms with Crippen LogP contribution in [0.5, 0.6) is 69.0 Å². The molecule has 0 aliphatic carbocycles. The van der Waals surface area contributed by atoms with E-state index in [1.165, 1.54) is 0 Å². The molecule has 0 spiro atoms. The minimum atomic E-state index is 0. The van der Waals surface area contributed by atoms with Crippen LogP contribution in [-0.2, 0) is 59.4 Å². The Hall–Kier alpha value is -9.49. The van der Waals surface area contributed by atoms with E-state index in [0.717, 1.165) is 102 Å². The van der Waals surface area contributed by atoms with Crippen LogP contribution < -0.4 is 56.8 Å². The molecule has 12 rings (SSSR count). The van der Waals surface area contributed by atoms with Crippen molar-refractivity contribution in [2.45, 2.75) is 39.3 Å². The fourth-order valence-corrected chi connectivity index (χ4v) is 6.78. The van der Waals surface area contributed by atoms with E-state index in [-0.39, 0.29) is 60.9 Å². The largest absolute Gasteiger partial charge is 0.454 e. The third kappa shape index (κ3) is 15.2. The zero-order chi connectivity index (χ0) is 50.3. The van der Waals surface area contributed by atoms with E-state index in [2.05, 4.69) is 29.1 Å². The molecule has 0 fully saturated rings. The second-order valence-corrected chi connectivity index (χ2v) is 15.0. The molecular weight excluding hydrogens is 1020 g/mol. The predicted molar refractivity (Wildman–Crippen MR) is 257 cm³/mol. The van der Waals surface area contributed by atoms with Gasteiger partial charge >= 0.3 is 0 Å². The molecule has 73 heavy (non-hydrogen) atoms. The van der Waals surface area contributed by atoms with Gasteiger partial charge in [0.2, 0.25) is 80.0 Å². The molecule has 0 bridgehead atoms. The Morgan fingerprint density at radius 1 is 0.233 bits per heavy atom. The van der Waals surface area contributed by atoms with Crippen molar-refractivity contribution >= 4 is 0 Å². The Kier molecular flexibility index (Phi) is 20.0. The molecule has 1 radical (unpaired) electrons. The molecule has 18 nitrogen and oxygen atoms in total. The zero-order valence-corrected chi connectivity index (χ0v) is 40.7. The standard InChI is InChI=1S/6C9H7NO2.Tc/c6*1-10-5-7-2-3-8-9(4-7)12-6-11-8;/h6*2-4H,5-6H2;/i;;;;;;1+1. The van der Waals surface area contributed by atoms with Crippen molar-refractivity contribution in [3.63, 3.8) is 0 Å². The van der Waals surface area contributed by atoms with Crippen LogP contribution in [0.4, 0.5) is 0 Å². The number of nitrogens with zero attached hydrogens (tertiary/aromatic N) is 6. The smallest absolute Gasteiger partial charge is 0.239 e. The minimum absolute atomic E-state index is 0. The van der Waals surface area contributed by atoms with Gasteiger partial charge in [0.25, 0.3) is 0 Å². The van der Waals surface area contributed by atoms with E-state index < -0.39 is 0 Å². The van der Waals surface area contributed by atoms with Gasteiger partial charge in [-0.3, -0.25) is 0 Å². The molecule has 6 aromatic rings. The van der Waals surface area contributed by atoms with E-state index in [0.29, 0.717) is 39.3 Å². The van der Waals surface area contributed by atoms with Crippen LogP contribution in [0.15, 0.2) is 109 Å². The summed E-state index contributed by atoms with van der Waals surface area (Å²) < 4.78 is 61.8. The maximum absolute atomic E-state index is 6.69. The van der Waals surface area contributed by atoms with Crippen LogP contribution in [0, 0.1) is 39.4 Å². The summed E-state index contributed by atoms with van der Waals surface area (Å²) in [6, 6.07) is 33.4. The second-order valence-electron chi connectivity index (χ2n) is 15.0. The van der Waals surface area contributed by atoms with Gasteiger partial charge in [0, 0.05) is 53.5 Å². The quantitative estimate of drug-likeness (QED) is 0.147. The van der Waals surface area contributed by atoms with Gasteiger partial charge in [0.1, 0.15) is 0 Å². The molecule has 0 amide bonds. The number of ether oxygens (including phenoxy) is 12. The summed E-state index contributed by atoms with van der Waals surface area (Å²) in [5, 5.41) is 0. The first-order valence-corrected chi connectivity index (χ1v) is 21.7. The fourth-order valence-electron chi connectivity index (χ4n) is 6.78. The summed E-state index contributed by atoms with van der Waals surface area (Å²) in [5.74, 6) is 9.08. The van der Waals surface area contributed by atoms with Crippen LogP contribution in [0.3, 0.4) is 0 Å². The molecule has 367 valence electrons. The first-order valence-electron chi connectivity index (χ1n) is 21.7. The van der Waals surface area contributed by atoms with Gasteiger partial charge in [0.05, 0.1) is 0 Å². The van der Waals surface area contributed by atoms with Gasteiger partial charge in [-0.2, -0.15) is 0 Å². The number of rotatable bonds is 6. The van der Waals surface area contributed by atoms with Crippen LogP contribution >= 0.6 is 0 Å². The average molecular weight is 1070 g/mol. The van der Waals surface area contributed by atoms with Gasteiger partial charge in [0.15, 0.2) is 69.0 Å². The molecule has 0 N–H and O–H groups in total.